The Morgan fingerprint density at radius 1 is 1.46 bits per heavy atom. The Kier molecular flexibility index (Phi) is 1.95. The molecule has 0 radical (unpaired) electrons. The van der Waals surface area contributed by atoms with Crippen LogP contribution in [0.1, 0.15) is 0 Å². The van der Waals surface area contributed by atoms with E-state index in [9.17, 15) is 4.79 Å². The number of H-pyrrole nitrogens is 1. The molecule has 1 aromatic heterocycles. The predicted molar refractivity (Wildman–Crippen MR) is 59.5 cm³/mol. The molecular weight excluding hydrogens is 281 g/mol. The Labute approximate surface area is 87.3 Å². The molecule has 5 heteroatoms. The number of hydrogen-bond acceptors (Lipinski definition) is 3. The summed E-state index contributed by atoms with van der Waals surface area (Å²) in [7, 11) is 0. The number of nitrogen functional groups attached to an aromatic ring is 1. The van der Waals surface area contributed by atoms with E-state index in [0.717, 1.165) is 14.5 Å². The molecule has 0 aliphatic heterocycles. The molecule has 1 aromatic carbocycles. The smallest absolute Gasteiger partial charge is 0.347 e. The van der Waals surface area contributed by atoms with Crippen molar-refractivity contribution in [2.75, 3.05) is 5.73 Å². The van der Waals surface area contributed by atoms with Crippen LogP contribution in [-0.2, 0) is 0 Å². The van der Waals surface area contributed by atoms with Crippen LogP contribution in [-0.4, -0.2) is 9.97 Å². The van der Waals surface area contributed by atoms with Gasteiger partial charge in [0, 0.05) is 8.96 Å². The summed E-state index contributed by atoms with van der Waals surface area (Å²) in [4.78, 5) is 17.2. The Balaban J connectivity index is 2.95. The van der Waals surface area contributed by atoms with E-state index >= 15 is 0 Å². The molecule has 0 unspecified atom stereocenters. The van der Waals surface area contributed by atoms with Gasteiger partial charge in [-0.15, -0.1) is 0 Å². The molecule has 0 bridgehead atoms. The van der Waals surface area contributed by atoms with Crippen LogP contribution in [0.3, 0.4) is 0 Å². The van der Waals surface area contributed by atoms with Gasteiger partial charge in [0.05, 0.1) is 5.52 Å². The van der Waals surface area contributed by atoms with Gasteiger partial charge in [-0.05, 0) is 40.8 Å². The van der Waals surface area contributed by atoms with Crippen LogP contribution < -0.4 is 11.4 Å². The van der Waals surface area contributed by atoms with Gasteiger partial charge < -0.3 is 10.7 Å². The molecule has 13 heavy (non-hydrogen) atoms. The number of fused-ring (bicyclic) bond motifs is 1. The summed E-state index contributed by atoms with van der Waals surface area (Å²) in [5, 5.41) is 0.784. The topological polar surface area (TPSA) is 71.8 Å². The lowest BCUT2D eigenvalue weighted by Crippen LogP contribution is -2.12. The average Bonchev–Trinajstić information content (AvgIpc) is 2.06. The highest BCUT2D eigenvalue weighted by Crippen LogP contribution is 2.17. The number of hydrogen-bond donors (Lipinski definition) is 2. The Morgan fingerprint density at radius 2 is 2.23 bits per heavy atom. The third kappa shape index (κ3) is 1.51. The molecule has 0 aliphatic carbocycles. The van der Waals surface area contributed by atoms with Crippen molar-refractivity contribution in [2.45, 2.75) is 0 Å². The third-order valence-electron chi connectivity index (χ3n) is 1.72. The summed E-state index contributed by atoms with van der Waals surface area (Å²) in [6, 6.07) is 5.60. The Morgan fingerprint density at radius 3 is 3.00 bits per heavy atom. The van der Waals surface area contributed by atoms with Gasteiger partial charge in [0.2, 0.25) is 0 Å². The van der Waals surface area contributed by atoms with Crippen LogP contribution >= 0.6 is 22.6 Å². The fraction of sp³-hybridized carbons (Fsp3) is 0. The van der Waals surface area contributed by atoms with E-state index in [2.05, 4.69) is 32.6 Å². The van der Waals surface area contributed by atoms with Gasteiger partial charge in [-0.2, -0.15) is 4.98 Å². The van der Waals surface area contributed by atoms with Crippen LogP contribution in [0, 0.1) is 3.57 Å². The molecule has 2 aromatic rings. The highest BCUT2D eigenvalue weighted by molar-refractivity contribution is 14.1. The number of rotatable bonds is 0. The summed E-state index contributed by atoms with van der Waals surface area (Å²) in [5.41, 5.74) is 5.90. The quantitative estimate of drug-likeness (QED) is 0.713. The normalized spacial score (nSPS) is 10.5. The Hall–Kier alpha value is -1.11. The fourth-order valence-corrected chi connectivity index (χ4v) is 1.64. The second-order valence-electron chi connectivity index (χ2n) is 2.62. The van der Waals surface area contributed by atoms with E-state index in [0.29, 0.717) is 0 Å². The number of nitrogens with two attached hydrogens (primary N) is 1. The first-order valence-corrected chi connectivity index (χ1v) is 4.70. The lowest BCUT2D eigenvalue weighted by molar-refractivity contribution is 1.13. The van der Waals surface area contributed by atoms with Crippen molar-refractivity contribution in [1.29, 1.82) is 0 Å². The summed E-state index contributed by atoms with van der Waals surface area (Å²) >= 11 is 2.18. The first-order valence-electron chi connectivity index (χ1n) is 3.62. The molecule has 2 rings (SSSR count). The monoisotopic (exact) mass is 287 g/mol. The summed E-state index contributed by atoms with van der Waals surface area (Å²) < 4.78 is 1.06. The molecule has 0 atom stereocenters. The first-order chi connectivity index (χ1) is 6.16. The standard InChI is InChI=1S/C8H6IN3O/c9-4-1-2-6-5(3-4)7(10)12-8(13)11-6/h1-3H,(H3,10,11,12,13). The van der Waals surface area contributed by atoms with Crippen LogP contribution in [0.4, 0.5) is 5.82 Å². The minimum atomic E-state index is -0.411. The first kappa shape index (κ1) is 8.49. The van der Waals surface area contributed by atoms with Gasteiger partial charge in [-0.25, -0.2) is 4.79 Å². The van der Waals surface area contributed by atoms with Gasteiger partial charge in [-0.3, -0.25) is 0 Å². The summed E-state index contributed by atoms with van der Waals surface area (Å²) in [6.07, 6.45) is 0. The van der Waals surface area contributed by atoms with E-state index in [-0.39, 0.29) is 5.82 Å². The van der Waals surface area contributed by atoms with Crippen molar-refractivity contribution >= 4 is 39.3 Å². The minimum Gasteiger partial charge on any atom is -0.383 e. The lowest BCUT2D eigenvalue weighted by atomic mass is 10.2. The number of anilines is 1. The number of aromatic amines is 1. The molecule has 1 heterocycles. The predicted octanol–water partition coefficient (Wildman–Crippen LogP) is 1.11. The lowest BCUT2D eigenvalue weighted by Gasteiger charge is -1.99. The maximum absolute atomic E-state index is 10.9. The number of nitrogens with one attached hydrogen (secondary N) is 1. The van der Waals surface area contributed by atoms with E-state index in [4.69, 9.17) is 5.73 Å². The molecule has 66 valence electrons. The fourth-order valence-electron chi connectivity index (χ4n) is 1.15. The zero-order valence-electron chi connectivity index (χ0n) is 6.54. The van der Waals surface area contributed by atoms with Crippen LogP contribution in [0.5, 0.6) is 0 Å². The molecule has 0 spiro atoms. The molecule has 0 saturated heterocycles. The molecule has 0 aliphatic rings. The third-order valence-corrected chi connectivity index (χ3v) is 2.39. The van der Waals surface area contributed by atoms with Crippen molar-refractivity contribution < 1.29 is 0 Å². The molecule has 3 N–H and O–H groups in total. The summed E-state index contributed by atoms with van der Waals surface area (Å²) in [6.45, 7) is 0. The van der Waals surface area contributed by atoms with E-state index in [1.54, 1.807) is 0 Å². The van der Waals surface area contributed by atoms with Crippen LogP contribution in [0.2, 0.25) is 0 Å². The molecule has 0 amide bonds. The van der Waals surface area contributed by atoms with Gasteiger partial charge >= 0.3 is 5.69 Å². The van der Waals surface area contributed by atoms with Gasteiger partial charge in [0.25, 0.3) is 0 Å². The molecule has 0 saturated carbocycles. The number of aromatic nitrogens is 2. The number of benzene rings is 1. The maximum Gasteiger partial charge on any atom is 0.347 e. The summed E-state index contributed by atoms with van der Waals surface area (Å²) in [5.74, 6) is 0.275. The van der Waals surface area contributed by atoms with Crippen molar-refractivity contribution in [3.63, 3.8) is 0 Å². The van der Waals surface area contributed by atoms with Crippen molar-refractivity contribution in [1.82, 2.24) is 9.97 Å². The second-order valence-corrected chi connectivity index (χ2v) is 3.86. The molecular formula is C8H6IN3O. The number of halogens is 1. The largest absolute Gasteiger partial charge is 0.383 e. The van der Waals surface area contributed by atoms with Crippen LogP contribution in [0.25, 0.3) is 10.9 Å². The number of nitrogens with zero attached hydrogens (tertiary/aromatic N) is 1. The second kappa shape index (κ2) is 2.99. The van der Waals surface area contributed by atoms with Crippen molar-refractivity contribution in [2.24, 2.45) is 0 Å². The van der Waals surface area contributed by atoms with Gasteiger partial charge in [0.15, 0.2) is 0 Å². The Bertz CT molecular complexity index is 520. The zero-order chi connectivity index (χ0) is 9.42. The van der Waals surface area contributed by atoms with Crippen molar-refractivity contribution in [3.8, 4) is 0 Å². The highest BCUT2D eigenvalue weighted by atomic mass is 127. The van der Waals surface area contributed by atoms with Gasteiger partial charge in [-0.1, -0.05) is 0 Å². The highest BCUT2D eigenvalue weighted by Gasteiger charge is 2.01. The van der Waals surface area contributed by atoms with Crippen LogP contribution in [0.15, 0.2) is 23.0 Å². The zero-order valence-corrected chi connectivity index (χ0v) is 8.70. The SMILES string of the molecule is Nc1nc(=O)[nH]c2ccc(I)cc12. The van der Waals surface area contributed by atoms with E-state index < -0.39 is 5.69 Å². The maximum atomic E-state index is 10.9. The minimum absolute atomic E-state index is 0.275. The van der Waals surface area contributed by atoms with Gasteiger partial charge in [0.1, 0.15) is 5.82 Å². The van der Waals surface area contributed by atoms with E-state index in [1.165, 1.54) is 0 Å². The molecule has 4 nitrogen and oxygen atoms in total. The average molecular weight is 287 g/mol. The van der Waals surface area contributed by atoms with Crippen molar-refractivity contribution in [3.05, 3.63) is 32.3 Å². The van der Waals surface area contributed by atoms with E-state index in [1.807, 2.05) is 18.2 Å². The molecule has 0 fully saturated rings.